The van der Waals surface area contributed by atoms with Crippen LogP contribution in [0.25, 0.3) is 0 Å². The minimum Gasteiger partial charge on any atom is -0.399 e. The Morgan fingerprint density at radius 1 is 1.54 bits per heavy atom. The first kappa shape index (κ1) is 10.2. The van der Waals surface area contributed by atoms with Crippen LogP contribution in [0.4, 0.5) is 4.39 Å². The second-order valence-electron chi connectivity index (χ2n) is 3.13. The van der Waals surface area contributed by atoms with Crippen molar-refractivity contribution >= 4 is 0 Å². The summed E-state index contributed by atoms with van der Waals surface area (Å²) in [5, 5.41) is 0. The van der Waals surface area contributed by atoms with E-state index in [0.29, 0.717) is 12.3 Å². The predicted octanol–water partition coefficient (Wildman–Crippen LogP) is 0.676. The molecule has 1 rings (SSSR count). The largest absolute Gasteiger partial charge is 0.399 e. The molecule has 13 heavy (non-hydrogen) atoms. The monoisotopic (exact) mass is 186 g/mol. The number of rotatable bonds is 3. The standard InChI is InChI=1S/C9H15FN2O/c1-6-2-7(4-13-5-11)9(12)3-8(6)10/h2-3,6,8H,4-5,11-12H2,1H3. The van der Waals surface area contributed by atoms with Gasteiger partial charge < -0.3 is 16.2 Å². The van der Waals surface area contributed by atoms with Gasteiger partial charge in [-0.3, -0.25) is 0 Å². The molecular formula is C9H15FN2O. The van der Waals surface area contributed by atoms with E-state index in [1.165, 1.54) is 6.08 Å². The summed E-state index contributed by atoms with van der Waals surface area (Å²) in [6, 6.07) is 0. The van der Waals surface area contributed by atoms with E-state index in [0.717, 1.165) is 5.57 Å². The Hall–Kier alpha value is -0.870. The van der Waals surface area contributed by atoms with Crippen molar-refractivity contribution in [1.82, 2.24) is 0 Å². The number of hydrogen-bond donors (Lipinski definition) is 2. The summed E-state index contributed by atoms with van der Waals surface area (Å²) in [4.78, 5) is 0. The third-order valence-corrected chi connectivity index (χ3v) is 2.05. The molecular weight excluding hydrogens is 171 g/mol. The third kappa shape index (κ3) is 2.54. The number of halogens is 1. The first-order chi connectivity index (χ1) is 6.15. The van der Waals surface area contributed by atoms with Crippen LogP contribution in [-0.4, -0.2) is 19.5 Å². The Balaban J connectivity index is 2.63. The highest BCUT2D eigenvalue weighted by Crippen LogP contribution is 2.22. The highest BCUT2D eigenvalue weighted by atomic mass is 19.1. The molecule has 1 aliphatic carbocycles. The van der Waals surface area contributed by atoms with Gasteiger partial charge in [0.25, 0.3) is 0 Å². The van der Waals surface area contributed by atoms with Crippen molar-refractivity contribution in [1.29, 1.82) is 0 Å². The lowest BCUT2D eigenvalue weighted by atomic mass is 9.94. The molecule has 0 aromatic heterocycles. The zero-order valence-electron chi connectivity index (χ0n) is 7.66. The Morgan fingerprint density at radius 3 is 2.85 bits per heavy atom. The molecule has 0 bridgehead atoms. The molecule has 4 N–H and O–H groups in total. The number of nitrogens with two attached hydrogens (primary N) is 2. The Labute approximate surface area is 77.2 Å². The number of allylic oxidation sites excluding steroid dienone is 2. The number of ether oxygens (including phenoxy) is 1. The highest BCUT2D eigenvalue weighted by molar-refractivity contribution is 5.34. The van der Waals surface area contributed by atoms with Gasteiger partial charge >= 0.3 is 0 Å². The summed E-state index contributed by atoms with van der Waals surface area (Å²) in [5.74, 6) is -0.135. The van der Waals surface area contributed by atoms with Gasteiger partial charge in [0.05, 0.1) is 13.3 Å². The average molecular weight is 186 g/mol. The van der Waals surface area contributed by atoms with Crippen molar-refractivity contribution in [3.8, 4) is 0 Å². The average Bonchev–Trinajstić information content (AvgIpc) is 2.09. The van der Waals surface area contributed by atoms with Crippen molar-refractivity contribution in [2.45, 2.75) is 13.1 Å². The molecule has 1 aliphatic rings. The van der Waals surface area contributed by atoms with Crippen LogP contribution in [0.15, 0.2) is 23.4 Å². The van der Waals surface area contributed by atoms with E-state index in [-0.39, 0.29) is 12.6 Å². The summed E-state index contributed by atoms with van der Waals surface area (Å²) in [7, 11) is 0. The van der Waals surface area contributed by atoms with Crippen molar-refractivity contribution in [3.05, 3.63) is 23.4 Å². The SMILES string of the molecule is CC1C=C(COCN)C(N)=CC1F. The maximum atomic E-state index is 13.1. The van der Waals surface area contributed by atoms with Crippen LogP contribution in [0.3, 0.4) is 0 Å². The van der Waals surface area contributed by atoms with E-state index >= 15 is 0 Å². The van der Waals surface area contributed by atoms with E-state index in [9.17, 15) is 4.39 Å². The molecule has 0 fully saturated rings. The van der Waals surface area contributed by atoms with Gasteiger partial charge in [-0.25, -0.2) is 4.39 Å². The smallest absolute Gasteiger partial charge is 0.126 e. The summed E-state index contributed by atoms with van der Waals surface area (Å²) in [6.45, 7) is 2.31. The molecule has 0 aromatic carbocycles. The second kappa shape index (κ2) is 4.39. The van der Waals surface area contributed by atoms with E-state index < -0.39 is 6.17 Å². The van der Waals surface area contributed by atoms with Crippen LogP contribution < -0.4 is 11.5 Å². The first-order valence-corrected chi connectivity index (χ1v) is 4.25. The minimum absolute atomic E-state index is 0.135. The molecule has 0 saturated carbocycles. The van der Waals surface area contributed by atoms with Crippen LogP contribution in [0.2, 0.25) is 0 Å². The zero-order valence-corrected chi connectivity index (χ0v) is 7.66. The molecule has 4 heteroatoms. The lowest BCUT2D eigenvalue weighted by Crippen LogP contribution is -2.21. The van der Waals surface area contributed by atoms with Gasteiger partial charge in [-0.1, -0.05) is 13.0 Å². The molecule has 2 unspecified atom stereocenters. The zero-order chi connectivity index (χ0) is 9.84. The topological polar surface area (TPSA) is 61.3 Å². The number of alkyl halides is 1. The van der Waals surface area contributed by atoms with E-state index in [2.05, 4.69) is 0 Å². The molecule has 74 valence electrons. The maximum Gasteiger partial charge on any atom is 0.126 e. The Kier molecular flexibility index (Phi) is 3.45. The van der Waals surface area contributed by atoms with Crippen LogP contribution in [0.5, 0.6) is 0 Å². The summed E-state index contributed by atoms with van der Waals surface area (Å²) < 4.78 is 18.0. The van der Waals surface area contributed by atoms with Gasteiger partial charge in [0.1, 0.15) is 6.17 Å². The molecule has 0 radical (unpaired) electrons. The van der Waals surface area contributed by atoms with Crippen molar-refractivity contribution in [3.63, 3.8) is 0 Å². The van der Waals surface area contributed by atoms with Crippen molar-refractivity contribution in [2.24, 2.45) is 17.4 Å². The van der Waals surface area contributed by atoms with Gasteiger partial charge in [0, 0.05) is 11.6 Å². The lowest BCUT2D eigenvalue weighted by Gasteiger charge is -2.19. The van der Waals surface area contributed by atoms with E-state index in [4.69, 9.17) is 16.2 Å². The molecule has 0 amide bonds. The van der Waals surface area contributed by atoms with Crippen molar-refractivity contribution < 1.29 is 9.13 Å². The van der Waals surface area contributed by atoms with Crippen LogP contribution in [-0.2, 0) is 4.74 Å². The minimum atomic E-state index is -0.985. The number of hydrogen-bond acceptors (Lipinski definition) is 3. The predicted molar refractivity (Wildman–Crippen MR) is 49.4 cm³/mol. The van der Waals surface area contributed by atoms with Gasteiger partial charge in [0.2, 0.25) is 0 Å². The first-order valence-electron chi connectivity index (χ1n) is 4.25. The van der Waals surface area contributed by atoms with E-state index in [1.54, 1.807) is 13.0 Å². The van der Waals surface area contributed by atoms with Gasteiger partial charge in [-0.15, -0.1) is 0 Å². The van der Waals surface area contributed by atoms with E-state index in [1.807, 2.05) is 0 Å². The molecule has 0 aromatic rings. The highest BCUT2D eigenvalue weighted by Gasteiger charge is 2.19. The molecule has 0 spiro atoms. The van der Waals surface area contributed by atoms with Gasteiger partial charge in [0.15, 0.2) is 0 Å². The molecule has 2 atom stereocenters. The van der Waals surface area contributed by atoms with Gasteiger partial charge in [-0.2, -0.15) is 0 Å². The maximum absolute atomic E-state index is 13.1. The lowest BCUT2D eigenvalue weighted by molar-refractivity contribution is 0.163. The second-order valence-corrected chi connectivity index (χ2v) is 3.13. The molecule has 3 nitrogen and oxygen atoms in total. The normalized spacial score (nSPS) is 28.2. The van der Waals surface area contributed by atoms with Crippen molar-refractivity contribution in [2.75, 3.05) is 13.3 Å². The molecule has 0 aliphatic heterocycles. The summed E-state index contributed by atoms with van der Waals surface area (Å²) in [6.07, 6.45) is 2.22. The third-order valence-electron chi connectivity index (χ3n) is 2.05. The van der Waals surface area contributed by atoms with Crippen LogP contribution in [0, 0.1) is 5.92 Å². The molecule has 0 heterocycles. The molecule has 0 saturated heterocycles. The summed E-state index contributed by atoms with van der Waals surface area (Å²) >= 11 is 0. The summed E-state index contributed by atoms with van der Waals surface area (Å²) in [5.41, 5.74) is 12.1. The van der Waals surface area contributed by atoms with Crippen LogP contribution >= 0.6 is 0 Å². The Bertz CT molecular complexity index is 238. The quantitative estimate of drug-likeness (QED) is 0.637. The Morgan fingerprint density at radius 2 is 2.23 bits per heavy atom. The fraction of sp³-hybridized carbons (Fsp3) is 0.556. The fourth-order valence-electron chi connectivity index (χ4n) is 1.24. The fourth-order valence-corrected chi connectivity index (χ4v) is 1.24. The van der Waals surface area contributed by atoms with Gasteiger partial charge in [-0.05, 0) is 11.6 Å². The van der Waals surface area contributed by atoms with Crippen LogP contribution in [0.1, 0.15) is 6.92 Å².